The van der Waals surface area contributed by atoms with Gasteiger partial charge in [0, 0.05) is 19.3 Å². The molecule has 21 heavy (non-hydrogen) atoms. The van der Waals surface area contributed by atoms with Crippen molar-refractivity contribution in [2.45, 2.75) is 46.6 Å². The Kier molecular flexibility index (Phi) is 7.02. The number of halogens is 2. The zero-order valence-corrected chi connectivity index (χ0v) is 13.7. The van der Waals surface area contributed by atoms with Crippen molar-refractivity contribution in [1.82, 2.24) is 10.3 Å². The van der Waals surface area contributed by atoms with E-state index in [0.717, 1.165) is 24.3 Å². The number of anilines is 1. The summed E-state index contributed by atoms with van der Waals surface area (Å²) in [4.78, 5) is 6.01. The SMILES string of the molecule is CC(C)CNCc1cc(C(C)C)nc(N(C)CC(F)F)c1. The third-order valence-corrected chi connectivity index (χ3v) is 3.17. The van der Waals surface area contributed by atoms with Gasteiger partial charge in [-0.15, -0.1) is 0 Å². The van der Waals surface area contributed by atoms with Crippen LogP contribution in [0, 0.1) is 5.92 Å². The molecule has 1 N–H and O–H groups in total. The van der Waals surface area contributed by atoms with Crippen LogP contribution in [0.15, 0.2) is 12.1 Å². The van der Waals surface area contributed by atoms with Crippen LogP contribution in [0.3, 0.4) is 0 Å². The number of hydrogen-bond donors (Lipinski definition) is 1. The molecule has 0 saturated carbocycles. The molecule has 0 unspecified atom stereocenters. The summed E-state index contributed by atoms with van der Waals surface area (Å²) in [7, 11) is 1.66. The summed E-state index contributed by atoms with van der Waals surface area (Å²) in [5.74, 6) is 1.47. The first-order chi connectivity index (χ1) is 9.79. The molecule has 0 bridgehead atoms. The van der Waals surface area contributed by atoms with E-state index in [1.165, 1.54) is 4.90 Å². The Morgan fingerprint density at radius 3 is 2.38 bits per heavy atom. The fourth-order valence-electron chi connectivity index (χ4n) is 1.99. The van der Waals surface area contributed by atoms with Crippen LogP contribution < -0.4 is 10.2 Å². The van der Waals surface area contributed by atoms with Crippen molar-refractivity contribution in [3.05, 3.63) is 23.4 Å². The number of pyridine rings is 1. The first-order valence-corrected chi connectivity index (χ1v) is 7.50. The van der Waals surface area contributed by atoms with Crippen LogP contribution >= 0.6 is 0 Å². The largest absolute Gasteiger partial charge is 0.354 e. The van der Waals surface area contributed by atoms with Crippen molar-refractivity contribution in [2.75, 3.05) is 25.0 Å². The maximum Gasteiger partial charge on any atom is 0.255 e. The number of nitrogens with zero attached hydrogens (tertiary/aromatic N) is 2. The van der Waals surface area contributed by atoms with Gasteiger partial charge in [-0.25, -0.2) is 13.8 Å². The zero-order chi connectivity index (χ0) is 16.0. The molecule has 3 nitrogen and oxygen atoms in total. The minimum atomic E-state index is -2.36. The molecule has 0 atom stereocenters. The molecular weight excluding hydrogens is 272 g/mol. The van der Waals surface area contributed by atoms with Crippen molar-refractivity contribution < 1.29 is 8.78 Å². The second-order valence-corrected chi connectivity index (χ2v) is 6.21. The van der Waals surface area contributed by atoms with E-state index in [-0.39, 0.29) is 12.5 Å². The molecule has 1 heterocycles. The zero-order valence-electron chi connectivity index (χ0n) is 13.7. The highest BCUT2D eigenvalue weighted by Crippen LogP contribution is 2.20. The standard InChI is InChI=1S/C16H27F2N3/c1-11(2)8-19-9-13-6-14(12(3)4)20-16(7-13)21(5)10-15(17)18/h6-7,11-12,15,19H,8-10H2,1-5H3. The van der Waals surface area contributed by atoms with Crippen molar-refractivity contribution in [3.8, 4) is 0 Å². The van der Waals surface area contributed by atoms with Gasteiger partial charge < -0.3 is 10.2 Å². The molecule has 0 aliphatic carbocycles. The predicted molar refractivity (Wildman–Crippen MR) is 84.1 cm³/mol. The molecule has 0 aliphatic rings. The van der Waals surface area contributed by atoms with Crippen LogP contribution in [0.2, 0.25) is 0 Å². The molecule has 1 aromatic rings. The highest BCUT2D eigenvalue weighted by atomic mass is 19.3. The fraction of sp³-hybridized carbons (Fsp3) is 0.688. The normalized spacial score (nSPS) is 11.7. The smallest absolute Gasteiger partial charge is 0.255 e. The van der Waals surface area contributed by atoms with Gasteiger partial charge in [-0.1, -0.05) is 27.7 Å². The van der Waals surface area contributed by atoms with Gasteiger partial charge in [0.05, 0.1) is 6.54 Å². The average molecular weight is 299 g/mol. The number of rotatable bonds is 8. The minimum Gasteiger partial charge on any atom is -0.354 e. The predicted octanol–water partition coefficient (Wildman–Crippen LogP) is 3.65. The first-order valence-electron chi connectivity index (χ1n) is 7.50. The highest BCUT2D eigenvalue weighted by Gasteiger charge is 2.13. The second-order valence-electron chi connectivity index (χ2n) is 6.21. The van der Waals surface area contributed by atoms with Gasteiger partial charge in [-0.2, -0.15) is 0 Å². The number of aromatic nitrogens is 1. The Balaban J connectivity index is 2.89. The van der Waals surface area contributed by atoms with E-state index >= 15 is 0 Å². The molecule has 0 spiro atoms. The lowest BCUT2D eigenvalue weighted by Gasteiger charge is -2.20. The van der Waals surface area contributed by atoms with Crippen molar-refractivity contribution in [2.24, 2.45) is 5.92 Å². The summed E-state index contributed by atoms with van der Waals surface area (Å²) >= 11 is 0. The van der Waals surface area contributed by atoms with Crippen LogP contribution in [-0.4, -0.2) is 31.5 Å². The van der Waals surface area contributed by atoms with E-state index in [4.69, 9.17) is 0 Å². The monoisotopic (exact) mass is 299 g/mol. The Morgan fingerprint density at radius 2 is 1.86 bits per heavy atom. The number of alkyl halides is 2. The van der Waals surface area contributed by atoms with E-state index in [1.807, 2.05) is 6.07 Å². The third kappa shape index (κ3) is 6.38. The molecule has 0 fully saturated rings. The Labute approximate surface area is 126 Å². The van der Waals surface area contributed by atoms with Gasteiger partial charge >= 0.3 is 0 Å². The van der Waals surface area contributed by atoms with Gasteiger partial charge in [-0.05, 0) is 36.1 Å². The summed E-state index contributed by atoms with van der Waals surface area (Å²) < 4.78 is 25.1. The Hall–Kier alpha value is -1.23. The number of nitrogens with one attached hydrogen (secondary N) is 1. The fourth-order valence-corrected chi connectivity index (χ4v) is 1.99. The summed E-state index contributed by atoms with van der Waals surface area (Å²) in [5, 5.41) is 3.38. The van der Waals surface area contributed by atoms with E-state index in [2.05, 4.69) is 44.1 Å². The molecule has 0 aromatic carbocycles. The molecule has 0 amide bonds. The van der Waals surface area contributed by atoms with Crippen molar-refractivity contribution in [1.29, 1.82) is 0 Å². The Bertz CT molecular complexity index is 434. The highest BCUT2D eigenvalue weighted by molar-refractivity contribution is 5.42. The van der Waals surface area contributed by atoms with Crippen LogP contribution in [0.25, 0.3) is 0 Å². The third-order valence-electron chi connectivity index (χ3n) is 3.17. The Morgan fingerprint density at radius 1 is 1.19 bits per heavy atom. The topological polar surface area (TPSA) is 28.2 Å². The summed E-state index contributed by atoms with van der Waals surface area (Å²) in [5.41, 5.74) is 2.03. The lowest BCUT2D eigenvalue weighted by molar-refractivity contribution is 0.156. The van der Waals surface area contributed by atoms with Crippen molar-refractivity contribution >= 4 is 5.82 Å². The summed E-state index contributed by atoms with van der Waals surface area (Å²) in [6, 6.07) is 3.94. The molecule has 1 rings (SSSR count). The molecule has 5 heteroatoms. The maximum absolute atomic E-state index is 12.5. The van der Waals surface area contributed by atoms with E-state index in [1.54, 1.807) is 7.05 Å². The quantitative estimate of drug-likeness (QED) is 0.794. The van der Waals surface area contributed by atoms with Crippen LogP contribution in [-0.2, 0) is 6.54 Å². The number of hydrogen-bond acceptors (Lipinski definition) is 3. The van der Waals surface area contributed by atoms with Gasteiger partial charge in [0.15, 0.2) is 0 Å². The second kappa shape index (κ2) is 8.27. The van der Waals surface area contributed by atoms with Crippen LogP contribution in [0.5, 0.6) is 0 Å². The molecule has 1 aromatic heterocycles. The van der Waals surface area contributed by atoms with E-state index in [0.29, 0.717) is 11.7 Å². The van der Waals surface area contributed by atoms with E-state index in [9.17, 15) is 8.78 Å². The van der Waals surface area contributed by atoms with Crippen LogP contribution in [0.1, 0.15) is 44.9 Å². The molecule has 0 aliphatic heterocycles. The van der Waals surface area contributed by atoms with Crippen LogP contribution in [0.4, 0.5) is 14.6 Å². The van der Waals surface area contributed by atoms with Crippen molar-refractivity contribution in [3.63, 3.8) is 0 Å². The molecule has 120 valence electrons. The first kappa shape index (κ1) is 17.8. The van der Waals surface area contributed by atoms with E-state index < -0.39 is 6.43 Å². The lowest BCUT2D eigenvalue weighted by atomic mass is 10.1. The maximum atomic E-state index is 12.5. The average Bonchev–Trinajstić information content (AvgIpc) is 2.37. The van der Waals surface area contributed by atoms with Gasteiger partial charge in [0.1, 0.15) is 5.82 Å². The van der Waals surface area contributed by atoms with Gasteiger partial charge in [-0.3, -0.25) is 0 Å². The molecular formula is C16H27F2N3. The van der Waals surface area contributed by atoms with Gasteiger partial charge in [0.2, 0.25) is 0 Å². The minimum absolute atomic E-state index is 0.272. The lowest BCUT2D eigenvalue weighted by Crippen LogP contribution is -2.26. The summed E-state index contributed by atoms with van der Waals surface area (Å²) in [6.45, 7) is 9.79. The molecule has 0 saturated heterocycles. The molecule has 0 radical (unpaired) electrons. The van der Waals surface area contributed by atoms with Gasteiger partial charge in [0.25, 0.3) is 6.43 Å². The summed E-state index contributed by atoms with van der Waals surface area (Å²) in [6.07, 6.45) is -2.36.